The van der Waals surface area contributed by atoms with Gasteiger partial charge in [0.25, 0.3) is 0 Å². The van der Waals surface area contributed by atoms with Crippen molar-refractivity contribution >= 4 is 11.7 Å². The maximum absolute atomic E-state index is 13.0. The lowest BCUT2D eigenvalue weighted by molar-refractivity contribution is -0.0279. The molecule has 0 aliphatic carbocycles. The Bertz CT molecular complexity index is 561. The fourth-order valence-electron chi connectivity index (χ4n) is 3.30. The van der Waals surface area contributed by atoms with Crippen LogP contribution in [0.3, 0.4) is 0 Å². The number of aliphatic hydroxyl groups excluding tert-OH is 2. The highest BCUT2D eigenvalue weighted by molar-refractivity contribution is 5.74. The van der Waals surface area contributed by atoms with Crippen molar-refractivity contribution in [3.63, 3.8) is 0 Å². The molecular weight excluding hydrogens is 313 g/mol. The van der Waals surface area contributed by atoms with E-state index in [0.717, 1.165) is 31.6 Å². The molecule has 1 aromatic rings. The van der Waals surface area contributed by atoms with Crippen LogP contribution in [0.1, 0.15) is 19.3 Å². The Morgan fingerprint density at radius 1 is 1.04 bits per heavy atom. The molecule has 0 radical (unpaired) electrons. The molecule has 132 valence electrons. The van der Waals surface area contributed by atoms with Crippen LogP contribution in [-0.2, 0) is 0 Å². The van der Waals surface area contributed by atoms with E-state index in [-0.39, 0.29) is 24.4 Å². The van der Waals surface area contributed by atoms with E-state index in [9.17, 15) is 19.4 Å². The van der Waals surface area contributed by atoms with E-state index in [1.54, 1.807) is 17.0 Å². The van der Waals surface area contributed by atoms with Gasteiger partial charge >= 0.3 is 6.03 Å². The average Bonchev–Trinajstić information content (AvgIpc) is 2.59. The second kappa shape index (κ2) is 7.36. The van der Waals surface area contributed by atoms with Gasteiger partial charge in [0.2, 0.25) is 0 Å². The molecule has 2 atom stereocenters. The SMILES string of the molecule is O=C(NC1CCN(c2ccc(F)cc2)CC1)N1CC[C@@H](O)[C@@H](O)C1. The fraction of sp³-hybridized carbons (Fsp3) is 0.588. The molecule has 2 aliphatic rings. The van der Waals surface area contributed by atoms with E-state index in [1.807, 2.05) is 0 Å². The van der Waals surface area contributed by atoms with E-state index in [4.69, 9.17) is 0 Å². The second-order valence-electron chi connectivity index (χ2n) is 6.56. The van der Waals surface area contributed by atoms with E-state index in [1.165, 1.54) is 12.1 Å². The van der Waals surface area contributed by atoms with E-state index in [2.05, 4.69) is 10.2 Å². The van der Waals surface area contributed by atoms with Crippen LogP contribution in [0.5, 0.6) is 0 Å². The molecule has 0 aromatic heterocycles. The maximum Gasteiger partial charge on any atom is 0.317 e. The van der Waals surface area contributed by atoms with Crippen LogP contribution in [0, 0.1) is 5.82 Å². The van der Waals surface area contributed by atoms with Crippen LogP contribution in [0.4, 0.5) is 14.9 Å². The molecule has 3 rings (SSSR count). The second-order valence-corrected chi connectivity index (χ2v) is 6.56. The number of hydrogen-bond donors (Lipinski definition) is 3. The summed E-state index contributed by atoms with van der Waals surface area (Å²) in [5, 5.41) is 22.2. The van der Waals surface area contributed by atoms with Crippen LogP contribution in [0.25, 0.3) is 0 Å². The molecule has 2 amide bonds. The predicted molar refractivity (Wildman–Crippen MR) is 88.4 cm³/mol. The minimum atomic E-state index is -0.871. The van der Waals surface area contributed by atoms with Gasteiger partial charge in [-0.25, -0.2) is 9.18 Å². The summed E-state index contributed by atoms with van der Waals surface area (Å²) in [5.74, 6) is -0.241. The molecular formula is C17H24FN3O3. The first kappa shape index (κ1) is 17.0. The summed E-state index contributed by atoms with van der Waals surface area (Å²) in [6.07, 6.45) is 0.430. The van der Waals surface area contributed by atoms with Gasteiger partial charge < -0.3 is 25.3 Å². The highest BCUT2D eigenvalue weighted by Crippen LogP contribution is 2.20. The molecule has 24 heavy (non-hydrogen) atoms. The van der Waals surface area contributed by atoms with Gasteiger partial charge in [-0.15, -0.1) is 0 Å². The number of β-amino-alcohol motifs (C(OH)–C–C–N with tert-alkyl or cyclic N) is 1. The first-order valence-electron chi connectivity index (χ1n) is 8.45. The third kappa shape index (κ3) is 3.96. The smallest absolute Gasteiger partial charge is 0.317 e. The number of anilines is 1. The molecule has 2 heterocycles. The topological polar surface area (TPSA) is 76.0 Å². The van der Waals surface area contributed by atoms with Crippen molar-refractivity contribution in [2.24, 2.45) is 0 Å². The number of benzene rings is 1. The number of amides is 2. The molecule has 2 aliphatic heterocycles. The third-order valence-electron chi connectivity index (χ3n) is 4.85. The number of aliphatic hydroxyl groups is 2. The van der Waals surface area contributed by atoms with Crippen LogP contribution in [0.15, 0.2) is 24.3 Å². The maximum atomic E-state index is 13.0. The van der Waals surface area contributed by atoms with Gasteiger partial charge in [0.05, 0.1) is 18.8 Å². The van der Waals surface area contributed by atoms with Crippen molar-refractivity contribution in [2.75, 3.05) is 31.1 Å². The first-order valence-corrected chi connectivity index (χ1v) is 8.45. The summed E-state index contributed by atoms with van der Waals surface area (Å²) in [6.45, 7) is 2.23. The summed E-state index contributed by atoms with van der Waals surface area (Å²) in [6, 6.07) is 6.38. The van der Waals surface area contributed by atoms with Crippen LogP contribution in [0.2, 0.25) is 0 Å². The summed E-state index contributed by atoms with van der Waals surface area (Å²) in [4.78, 5) is 16.0. The summed E-state index contributed by atoms with van der Waals surface area (Å²) >= 11 is 0. The Morgan fingerprint density at radius 2 is 1.71 bits per heavy atom. The Balaban J connectivity index is 1.47. The molecule has 0 saturated carbocycles. The number of nitrogens with one attached hydrogen (secondary N) is 1. The number of likely N-dealkylation sites (tertiary alicyclic amines) is 1. The van der Waals surface area contributed by atoms with Crippen molar-refractivity contribution in [3.8, 4) is 0 Å². The minimum Gasteiger partial charge on any atom is -0.390 e. The number of halogens is 1. The molecule has 6 nitrogen and oxygen atoms in total. The zero-order valence-electron chi connectivity index (χ0n) is 13.6. The van der Waals surface area contributed by atoms with E-state index >= 15 is 0 Å². The molecule has 7 heteroatoms. The quantitative estimate of drug-likeness (QED) is 0.750. The monoisotopic (exact) mass is 337 g/mol. The lowest BCUT2D eigenvalue weighted by atomic mass is 10.0. The van der Waals surface area contributed by atoms with Crippen molar-refractivity contribution in [2.45, 2.75) is 37.5 Å². The molecule has 0 unspecified atom stereocenters. The Kier molecular flexibility index (Phi) is 5.20. The van der Waals surface area contributed by atoms with Crippen molar-refractivity contribution < 1.29 is 19.4 Å². The molecule has 2 saturated heterocycles. The lowest BCUT2D eigenvalue weighted by Crippen LogP contribution is -2.55. The van der Waals surface area contributed by atoms with Gasteiger partial charge in [-0.3, -0.25) is 0 Å². The Labute approximate surface area is 140 Å². The Morgan fingerprint density at radius 3 is 2.33 bits per heavy atom. The molecule has 1 aromatic carbocycles. The largest absolute Gasteiger partial charge is 0.390 e. The fourth-order valence-corrected chi connectivity index (χ4v) is 3.30. The average molecular weight is 337 g/mol. The third-order valence-corrected chi connectivity index (χ3v) is 4.85. The normalized spacial score (nSPS) is 25.6. The standard InChI is InChI=1S/C17H24FN3O3/c18-12-1-3-14(4-2-12)20-8-5-13(6-9-20)19-17(24)21-10-7-15(22)16(23)11-21/h1-4,13,15-16,22-23H,5-11H2,(H,19,24)/t15-,16+/m1/s1. The van der Waals surface area contributed by atoms with Gasteiger partial charge in [0, 0.05) is 31.4 Å². The predicted octanol–water partition coefficient (Wildman–Crippen LogP) is 0.932. The van der Waals surface area contributed by atoms with Gasteiger partial charge in [0.1, 0.15) is 5.82 Å². The minimum absolute atomic E-state index is 0.0955. The highest BCUT2D eigenvalue weighted by Gasteiger charge is 2.30. The molecule has 3 N–H and O–H groups in total. The van der Waals surface area contributed by atoms with Gasteiger partial charge in [-0.2, -0.15) is 0 Å². The Hall–Kier alpha value is -1.86. The van der Waals surface area contributed by atoms with E-state index < -0.39 is 12.2 Å². The van der Waals surface area contributed by atoms with Crippen LogP contribution >= 0.6 is 0 Å². The lowest BCUT2D eigenvalue weighted by Gasteiger charge is -2.37. The van der Waals surface area contributed by atoms with Crippen LogP contribution in [-0.4, -0.2) is 65.6 Å². The molecule has 2 fully saturated rings. The number of rotatable bonds is 2. The molecule has 0 spiro atoms. The first-order chi connectivity index (χ1) is 11.5. The zero-order valence-corrected chi connectivity index (χ0v) is 13.6. The number of carbonyl (C=O) groups excluding carboxylic acids is 1. The number of nitrogens with zero attached hydrogens (tertiary/aromatic N) is 2. The van der Waals surface area contributed by atoms with Gasteiger partial charge in [0.15, 0.2) is 0 Å². The van der Waals surface area contributed by atoms with Crippen molar-refractivity contribution in [3.05, 3.63) is 30.1 Å². The van der Waals surface area contributed by atoms with Gasteiger partial charge in [-0.05, 0) is 43.5 Å². The number of hydrogen-bond acceptors (Lipinski definition) is 4. The number of urea groups is 1. The summed E-state index contributed by atoms with van der Waals surface area (Å²) < 4.78 is 13.0. The number of piperidine rings is 2. The molecule has 0 bridgehead atoms. The highest BCUT2D eigenvalue weighted by atomic mass is 19.1. The zero-order chi connectivity index (χ0) is 17.1. The van der Waals surface area contributed by atoms with Crippen molar-refractivity contribution in [1.82, 2.24) is 10.2 Å². The van der Waals surface area contributed by atoms with E-state index in [0.29, 0.717) is 13.0 Å². The van der Waals surface area contributed by atoms with Gasteiger partial charge in [-0.1, -0.05) is 0 Å². The summed E-state index contributed by atoms with van der Waals surface area (Å²) in [7, 11) is 0. The number of carbonyl (C=O) groups is 1. The van der Waals surface area contributed by atoms with Crippen molar-refractivity contribution in [1.29, 1.82) is 0 Å². The summed E-state index contributed by atoms with van der Waals surface area (Å²) in [5.41, 5.74) is 0.995. The van der Waals surface area contributed by atoms with Crippen LogP contribution < -0.4 is 10.2 Å².